The lowest BCUT2D eigenvalue weighted by molar-refractivity contribution is -0.122. The van der Waals surface area contributed by atoms with Crippen molar-refractivity contribution in [1.29, 1.82) is 0 Å². The molecule has 0 aromatic heterocycles. The summed E-state index contributed by atoms with van der Waals surface area (Å²) in [5.74, 6) is 2.51. The van der Waals surface area contributed by atoms with Crippen LogP contribution in [0.2, 0.25) is 10.0 Å². The number of carbonyl (C=O) groups excluding carboxylic acids is 1. The third-order valence-electron chi connectivity index (χ3n) is 2.98. The minimum absolute atomic E-state index is 0.139. The summed E-state index contributed by atoms with van der Waals surface area (Å²) in [5.41, 5.74) is 0.837. The standard InChI is InChI=1S/C15H16Cl2N2O2/c1-2-5-18-14(20)9-21-15-10(8-19-12-3-4-12)6-11(16)7-13(15)17/h1,6-7,12,19H,3-5,8-9H2,(H,18,20). The molecule has 0 heterocycles. The van der Waals surface area contributed by atoms with E-state index in [1.807, 2.05) is 0 Å². The maximum absolute atomic E-state index is 11.5. The second-order valence-electron chi connectivity index (χ2n) is 4.80. The summed E-state index contributed by atoms with van der Waals surface area (Å²) < 4.78 is 5.52. The van der Waals surface area contributed by atoms with Gasteiger partial charge in [0.25, 0.3) is 5.91 Å². The van der Waals surface area contributed by atoms with E-state index in [1.165, 1.54) is 12.8 Å². The van der Waals surface area contributed by atoms with Gasteiger partial charge in [0.15, 0.2) is 6.61 Å². The van der Waals surface area contributed by atoms with E-state index < -0.39 is 0 Å². The molecule has 1 aromatic carbocycles. The number of halogens is 2. The second-order valence-corrected chi connectivity index (χ2v) is 5.64. The predicted octanol–water partition coefficient (Wildman–Crippen LogP) is 2.37. The van der Waals surface area contributed by atoms with Crippen LogP contribution in [0.3, 0.4) is 0 Å². The van der Waals surface area contributed by atoms with Crippen LogP contribution in [0.25, 0.3) is 0 Å². The summed E-state index contributed by atoms with van der Waals surface area (Å²) in [5, 5.41) is 6.82. The van der Waals surface area contributed by atoms with Crippen molar-refractivity contribution in [2.75, 3.05) is 13.2 Å². The van der Waals surface area contributed by atoms with Crippen molar-refractivity contribution in [3.63, 3.8) is 0 Å². The van der Waals surface area contributed by atoms with Crippen LogP contribution in [-0.2, 0) is 11.3 Å². The largest absolute Gasteiger partial charge is 0.482 e. The minimum atomic E-state index is -0.292. The van der Waals surface area contributed by atoms with Crippen LogP contribution in [0, 0.1) is 12.3 Å². The van der Waals surface area contributed by atoms with Crippen LogP contribution in [0.4, 0.5) is 0 Å². The molecule has 0 aliphatic heterocycles. The van der Waals surface area contributed by atoms with Crippen LogP contribution in [-0.4, -0.2) is 25.1 Å². The van der Waals surface area contributed by atoms with E-state index >= 15 is 0 Å². The normalized spacial score (nSPS) is 13.6. The Bertz CT molecular complexity index is 566. The molecule has 0 radical (unpaired) electrons. The van der Waals surface area contributed by atoms with Gasteiger partial charge in [0, 0.05) is 23.2 Å². The maximum Gasteiger partial charge on any atom is 0.258 e. The number of hydrogen-bond acceptors (Lipinski definition) is 3. The Morgan fingerprint density at radius 1 is 1.43 bits per heavy atom. The Labute approximate surface area is 134 Å². The highest BCUT2D eigenvalue weighted by atomic mass is 35.5. The molecule has 0 spiro atoms. The zero-order valence-electron chi connectivity index (χ0n) is 11.4. The van der Waals surface area contributed by atoms with E-state index in [9.17, 15) is 4.79 Å². The SMILES string of the molecule is C#CCNC(=O)COc1c(Cl)cc(Cl)cc1CNC1CC1. The van der Waals surface area contributed by atoms with E-state index in [1.54, 1.807) is 12.1 Å². The molecule has 1 aliphatic rings. The van der Waals surface area contributed by atoms with Crippen molar-refractivity contribution in [2.45, 2.75) is 25.4 Å². The van der Waals surface area contributed by atoms with Crippen LogP contribution >= 0.6 is 23.2 Å². The van der Waals surface area contributed by atoms with E-state index in [4.69, 9.17) is 34.4 Å². The molecule has 2 rings (SSSR count). The summed E-state index contributed by atoms with van der Waals surface area (Å²) in [6.45, 7) is 0.637. The highest BCUT2D eigenvalue weighted by Crippen LogP contribution is 2.33. The first-order valence-electron chi connectivity index (χ1n) is 6.64. The molecule has 6 heteroatoms. The summed E-state index contributed by atoms with van der Waals surface area (Å²) in [4.78, 5) is 11.5. The van der Waals surface area contributed by atoms with Crippen molar-refractivity contribution in [3.8, 4) is 18.1 Å². The molecule has 0 saturated heterocycles. The molecule has 1 aromatic rings. The molecule has 4 nitrogen and oxygen atoms in total. The first-order valence-corrected chi connectivity index (χ1v) is 7.40. The fourth-order valence-electron chi connectivity index (χ4n) is 1.79. The Balaban J connectivity index is 2.01. The zero-order valence-corrected chi connectivity index (χ0v) is 12.9. The summed E-state index contributed by atoms with van der Waals surface area (Å²) >= 11 is 12.2. The number of hydrogen-bond donors (Lipinski definition) is 2. The monoisotopic (exact) mass is 326 g/mol. The van der Waals surface area contributed by atoms with Gasteiger partial charge in [-0.25, -0.2) is 0 Å². The zero-order chi connectivity index (χ0) is 15.2. The van der Waals surface area contributed by atoms with Gasteiger partial charge >= 0.3 is 0 Å². The minimum Gasteiger partial charge on any atom is -0.482 e. The predicted molar refractivity (Wildman–Crippen MR) is 83.7 cm³/mol. The first kappa shape index (κ1) is 16.0. The quantitative estimate of drug-likeness (QED) is 0.756. The fourth-order valence-corrected chi connectivity index (χ4v) is 2.38. The molecule has 1 fully saturated rings. The Kier molecular flexibility index (Phi) is 5.75. The highest BCUT2D eigenvalue weighted by molar-refractivity contribution is 6.35. The van der Waals surface area contributed by atoms with E-state index in [2.05, 4.69) is 16.6 Å². The molecular weight excluding hydrogens is 311 g/mol. The van der Waals surface area contributed by atoms with Crippen molar-refractivity contribution >= 4 is 29.1 Å². The molecule has 0 unspecified atom stereocenters. The Morgan fingerprint density at radius 3 is 2.86 bits per heavy atom. The second kappa shape index (κ2) is 7.56. The van der Waals surface area contributed by atoms with Gasteiger partial charge in [0.05, 0.1) is 11.6 Å². The van der Waals surface area contributed by atoms with Crippen LogP contribution in [0.5, 0.6) is 5.75 Å². The maximum atomic E-state index is 11.5. The fraction of sp³-hybridized carbons (Fsp3) is 0.400. The molecule has 1 aliphatic carbocycles. The van der Waals surface area contributed by atoms with E-state index in [-0.39, 0.29) is 19.1 Å². The molecule has 0 bridgehead atoms. The van der Waals surface area contributed by atoms with Gasteiger partial charge in [-0.2, -0.15) is 0 Å². The molecule has 112 valence electrons. The lowest BCUT2D eigenvalue weighted by Gasteiger charge is -2.14. The van der Waals surface area contributed by atoms with Gasteiger partial charge < -0.3 is 15.4 Å². The lowest BCUT2D eigenvalue weighted by Crippen LogP contribution is -2.29. The molecule has 2 N–H and O–H groups in total. The first-order chi connectivity index (χ1) is 10.1. The average Bonchev–Trinajstić information content (AvgIpc) is 3.25. The van der Waals surface area contributed by atoms with Gasteiger partial charge in [-0.1, -0.05) is 29.1 Å². The van der Waals surface area contributed by atoms with Gasteiger partial charge in [-0.15, -0.1) is 6.42 Å². The topological polar surface area (TPSA) is 50.4 Å². The van der Waals surface area contributed by atoms with Crippen LogP contribution in [0.15, 0.2) is 12.1 Å². The lowest BCUT2D eigenvalue weighted by atomic mass is 10.2. The van der Waals surface area contributed by atoms with Crippen molar-refractivity contribution in [2.24, 2.45) is 0 Å². The van der Waals surface area contributed by atoms with Gasteiger partial charge in [0.1, 0.15) is 5.75 Å². The van der Waals surface area contributed by atoms with E-state index in [0.29, 0.717) is 28.4 Å². The van der Waals surface area contributed by atoms with Gasteiger partial charge in [0.2, 0.25) is 0 Å². The summed E-state index contributed by atoms with van der Waals surface area (Å²) in [6.07, 6.45) is 7.43. The van der Waals surface area contributed by atoms with Gasteiger partial charge in [-0.05, 0) is 25.0 Å². The number of amides is 1. The molecule has 1 amide bonds. The number of nitrogens with one attached hydrogen (secondary N) is 2. The number of rotatable bonds is 7. The summed E-state index contributed by atoms with van der Waals surface area (Å²) in [7, 11) is 0. The van der Waals surface area contributed by atoms with Crippen LogP contribution < -0.4 is 15.4 Å². The van der Waals surface area contributed by atoms with E-state index in [0.717, 1.165) is 5.56 Å². The van der Waals surface area contributed by atoms with Crippen molar-refractivity contribution in [1.82, 2.24) is 10.6 Å². The van der Waals surface area contributed by atoms with Crippen molar-refractivity contribution < 1.29 is 9.53 Å². The third-order valence-corrected chi connectivity index (χ3v) is 3.48. The third kappa shape index (κ3) is 5.13. The highest BCUT2D eigenvalue weighted by Gasteiger charge is 2.21. The summed E-state index contributed by atoms with van der Waals surface area (Å²) in [6, 6.07) is 3.94. The molecule has 1 saturated carbocycles. The number of ether oxygens (including phenoxy) is 1. The number of terminal acetylenes is 1. The Morgan fingerprint density at radius 2 is 2.19 bits per heavy atom. The smallest absolute Gasteiger partial charge is 0.258 e. The molecular formula is C15H16Cl2N2O2. The molecule has 0 atom stereocenters. The van der Waals surface area contributed by atoms with Crippen LogP contribution in [0.1, 0.15) is 18.4 Å². The van der Waals surface area contributed by atoms with Crippen molar-refractivity contribution in [3.05, 3.63) is 27.7 Å². The van der Waals surface area contributed by atoms with Gasteiger partial charge in [-0.3, -0.25) is 4.79 Å². The average molecular weight is 327 g/mol. The number of benzene rings is 1. The number of carbonyl (C=O) groups is 1. The molecule has 21 heavy (non-hydrogen) atoms. The Hall–Kier alpha value is -1.41.